The molecule has 2 aromatic rings. The Morgan fingerprint density at radius 1 is 1.25 bits per heavy atom. The molecule has 1 heterocycles. The number of aromatic nitrogens is 1. The van der Waals surface area contributed by atoms with Gasteiger partial charge in [0, 0.05) is 18.2 Å². The van der Waals surface area contributed by atoms with Gasteiger partial charge in [-0.25, -0.2) is 0 Å². The SMILES string of the molecule is Cc1ccc(-c2cc(CC(=O)NCCC3=CCCCC3)no2)cc1. The maximum absolute atomic E-state index is 12.0. The van der Waals surface area contributed by atoms with Gasteiger partial charge in [0.25, 0.3) is 0 Å². The van der Waals surface area contributed by atoms with Crippen LogP contribution in [0.1, 0.15) is 43.4 Å². The molecule has 1 N–H and O–H groups in total. The Balaban J connectivity index is 1.48. The molecule has 1 aliphatic rings. The molecule has 126 valence electrons. The van der Waals surface area contributed by atoms with Crippen molar-refractivity contribution in [3.8, 4) is 11.3 Å². The lowest BCUT2D eigenvalue weighted by atomic mass is 9.97. The second-order valence-corrected chi connectivity index (χ2v) is 6.43. The van der Waals surface area contributed by atoms with Gasteiger partial charge >= 0.3 is 0 Å². The van der Waals surface area contributed by atoms with Gasteiger partial charge in [0.1, 0.15) is 0 Å². The summed E-state index contributed by atoms with van der Waals surface area (Å²) in [7, 11) is 0. The molecule has 0 saturated heterocycles. The first-order chi connectivity index (χ1) is 11.7. The minimum atomic E-state index is -0.00448. The van der Waals surface area contributed by atoms with Gasteiger partial charge in [0.2, 0.25) is 5.91 Å². The summed E-state index contributed by atoms with van der Waals surface area (Å²) in [5, 5.41) is 6.98. The summed E-state index contributed by atoms with van der Waals surface area (Å²) in [4.78, 5) is 12.0. The van der Waals surface area contributed by atoms with Crippen LogP contribution in [-0.2, 0) is 11.2 Å². The van der Waals surface area contributed by atoms with E-state index in [1.165, 1.54) is 36.8 Å². The standard InChI is InChI=1S/C20H24N2O2/c1-15-7-9-17(10-8-15)19-13-18(22-24-19)14-20(23)21-12-11-16-5-3-2-4-6-16/h5,7-10,13H,2-4,6,11-12,14H2,1H3,(H,21,23). The van der Waals surface area contributed by atoms with Crippen LogP contribution in [0.25, 0.3) is 11.3 Å². The normalized spacial score (nSPS) is 14.3. The summed E-state index contributed by atoms with van der Waals surface area (Å²) >= 11 is 0. The molecular weight excluding hydrogens is 300 g/mol. The van der Waals surface area contributed by atoms with Crippen molar-refractivity contribution in [3.05, 3.63) is 53.2 Å². The van der Waals surface area contributed by atoms with Gasteiger partial charge in [-0.15, -0.1) is 0 Å². The molecule has 0 saturated carbocycles. The number of rotatable bonds is 6. The molecule has 4 heteroatoms. The number of aryl methyl sites for hydroxylation is 1. The van der Waals surface area contributed by atoms with Crippen molar-refractivity contribution < 1.29 is 9.32 Å². The van der Waals surface area contributed by atoms with Crippen LogP contribution in [0.4, 0.5) is 0 Å². The number of amides is 1. The zero-order chi connectivity index (χ0) is 16.8. The van der Waals surface area contributed by atoms with Gasteiger partial charge in [-0.05, 0) is 39.0 Å². The number of carbonyl (C=O) groups excluding carboxylic acids is 1. The van der Waals surface area contributed by atoms with Crippen molar-refractivity contribution >= 4 is 5.91 Å². The van der Waals surface area contributed by atoms with Gasteiger partial charge in [-0.2, -0.15) is 0 Å². The summed E-state index contributed by atoms with van der Waals surface area (Å²) in [5.41, 5.74) is 4.32. The minimum absolute atomic E-state index is 0.00448. The smallest absolute Gasteiger partial charge is 0.226 e. The molecular formula is C20H24N2O2. The molecule has 24 heavy (non-hydrogen) atoms. The van der Waals surface area contributed by atoms with Gasteiger partial charge in [0.15, 0.2) is 5.76 Å². The van der Waals surface area contributed by atoms with Crippen molar-refractivity contribution in [2.24, 2.45) is 0 Å². The zero-order valence-electron chi connectivity index (χ0n) is 14.2. The van der Waals surface area contributed by atoms with E-state index >= 15 is 0 Å². The highest BCUT2D eigenvalue weighted by Crippen LogP contribution is 2.21. The van der Waals surface area contributed by atoms with Crippen LogP contribution < -0.4 is 5.32 Å². The van der Waals surface area contributed by atoms with E-state index in [1.807, 2.05) is 37.3 Å². The summed E-state index contributed by atoms with van der Waals surface area (Å²) in [6.07, 6.45) is 8.48. The highest BCUT2D eigenvalue weighted by Gasteiger charge is 2.11. The van der Waals surface area contributed by atoms with E-state index in [9.17, 15) is 4.79 Å². The number of allylic oxidation sites excluding steroid dienone is 1. The molecule has 0 spiro atoms. The van der Waals surface area contributed by atoms with Crippen LogP contribution >= 0.6 is 0 Å². The van der Waals surface area contributed by atoms with E-state index in [4.69, 9.17) is 4.52 Å². The molecule has 3 rings (SSSR count). The van der Waals surface area contributed by atoms with Crippen LogP contribution in [0.2, 0.25) is 0 Å². The molecule has 0 atom stereocenters. The lowest BCUT2D eigenvalue weighted by Gasteiger charge is -2.12. The third-order valence-electron chi connectivity index (χ3n) is 4.39. The number of carbonyl (C=O) groups is 1. The monoisotopic (exact) mass is 324 g/mol. The Hall–Kier alpha value is -2.36. The Bertz CT molecular complexity index is 713. The summed E-state index contributed by atoms with van der Waals surface area (Å²) < 4.78 is 5.35. The zero-order valence-corrected chi connectivity index (χ0v) is 14.2. The lowest BCUT2D eigenvalue weighted by molar-refractivity contribution is -0.120. The third-order valence-corrected chi connectivity index (χ3v) is 4.39. The fourth-order valence-corrected chi connectivity index (χ4v) is 2.97. The Morgan fingerprint density at radius 3 is 2.83 bits per heavy atom. The van der Waals surface area contributed by atoms with Gasteiger partial charge in [-0.3, -0.25) is 4.79 Å². The predicted molar refractivity (Wildman–Crippen MR) is 94.6 cm³/mol. The first-order valence-electron chi connectivity index (χ1n) is 8.68. The fraction of sp³-hybridized carbons (Fsp3) is 0.400. The van der Waals surface area contributed by atoms with E-state index in [1.54, 1.807) is 0 Å². The van der Waals surface area contributed by atoms with Gasteiger partial charge < -0.3 is 9.84 Å². The topological polar surface area (TPSA) is 55.1 Å². The van der Waals surface area contributed by atoms with E-state index in [2.05, 4.69) is 16.5 Å². The molecule has 4 nitrogen and oxygen atoms in total. The molecule has 0 aliphatic heterocycles. The molecule has 1 aromatic heterocycles. The summed E-state index contributed by atoms with van der Waals surface area (Å²) in [6, 6.07) is 9.90. The maximum Gasteiger partial charge on any atom is 0.226 e. The predicted octanol–water partition coefficient (Wildman–Crippen LogP) is 4.20. The second-order valence-electron chi connectivity index (χ2n) is 6.43. The third kappa shape index (κ3) is 4.57. The van der Waals surface area contributed by atoms with E-state index in [-0.39, 0.29) is 12.3 Å². The molecule has 0 radical (unpaired) electrons. The fourth-order valence-electron chi connectivity index (χ4n) is 2.97. The first kappa shape index (κ1) is 16.5. The number of nitrogens with one attached hydrogen (secondary N) is 1. The van der Waals surface area contributed by atoms with Crippen molar-refractivity contribution in [2.75, 3.05) is 6.54 Å². The number of hydrogen-bond donors (Lipinski definition) is 1. The van der Waals surface area contributed by atoms with Crippen molar-refractivity contribution in [1.29, 1.82) is 0 Å². The van der Waals surface area contributed by atoms with Crippen LogP contribution in [0, 0.1) is 6.92 Å². The Morgan fingerprint density at radius 2 is 2.08 bits per heavy atom. The second kappa shape index (κ2) is 7.95. The molecule has 0 fully saturated rings. The molecule has 1 aromatic carbocycles. The van der Waals surface area contributed by atoms with Crippen LogP contribution in [0.15, 0.2) is 46.5 Å². The molecule has 0 bridgehead atoms. The Kier molecular flexibility index (Phi) is 5.47. The van der Waals surface area contributed by atoms with E-state index in [0.29, 0.717) is 18.0 Å². The summed E-state index contributed by atoms with van der Waals surface area (Å²) in [5.74, 6) is 0.695. The van der Waals surface area contributed by atoms with Crippen molar-refractivity contribution in [3.63, 3.8) is 0 Å². The van der Waals surface area contributed by atoms with Crippen LogP contribution in [0.3, 0.4) is 0 Å². The quantitative estimate of drug-likeness (QED) is 0.810. The number of hydrogen-bond acceptors (Lipinski definition) is 3. The molecule has 1 amide bonds. The minimum Gasteiger partial charge on any atom is -0.356 e. The molecule has 0 unspecified atom stereocenters. The van der Waals surface area contributed by atoms with Gasteiger partial charge in [0.05, 0.1) is 12.1 Å². The number of benzene rings is 1. The van der Waals surface area contributed by atoms with Crippen LogP contribution in [-0.4, -0.2) is 17.6 Å². The number of nitrogens with zero attached hydrogens (tertiary/aromatic N) is 1. The highest BCUT2D eigenvalue weighted by molar-refractivity contribution is 5.78. The van der Waals surface area contributed by atoms with Crippen LogP contribution in [0.5, 0.6) is 0 Å². The van der Waals surface area contributed by atoms with Crippen molar-refractivity contribution in [1.82, 2.24) is 10.5 Å². The first-order valence-corrected chi connectivity index (χ1v) is 8.68. The average Bonchev–Trinajstić information content (AvgIpc) is 3.05. The maximum atomic E-state index is 12.0. The average molecular weight is 324 g/mol. The Labute approximate surface area is 142 Å². The van der Waals surface area contributed by atoms with Gasteiger partial charge in [-0.1, -0.05) is 46.6 Å². The molecule has 1 aliphatic carbocycles. The lowest BCUT2D eigenvalue weighted by Crippen LogP contribution is -2.26. The highest BCUT2D eigenvalue weighted by atomic mass is 16.5. The summed E-state index contributed by atoms with van der Waals surface area (Å²) in [6.45, 7) is 2.75. The van der Waals surface area contributed by atoms with Crippen molar-refractivity contribution in [2.45, 2.75) is 45.4 Å². The van der Waals surface area contributed by atoms with E-state index in [0.717, 1.165) is 12.0 Å². The van der Waals surface area contributed by atoms with E-state index < -0.39 is 0 Å². The largest absolute Gasteiger partial charge is 0.356 e.